The molecular formula is C14H15N5O3. The van der Waals surface area contributed by atoms with Crippen LogP contribution in [0.5, 0.6) is 0 Å². The van der Waals surface area contributed by atoms with Gasteiger partial charge in [0.2, 0.25) is 0 Å². The molecule has 4 heterocycles. The molecule has 2 aromatic rings. The van der Waals surface area contributed by atoms with Crippen LogP contribution in [0.1, 0.15) is 16.8 Å². The van der Waals surface area contributed by atoms with Gasteiger partial charge in [0.05, 0.1) is 17.3 Å². The Bertz CT molecular complexity index is 773. The highest BCUT2D eigenvalue weighted by Gasteiger charge is 2.51. The molecule has 2 fully saturated rings. The van der Waals surface area contributed by atoms with Crippen LogP contribution >= 0.6 is 0 Å². The number of likely N-dealkylation sites (tertiary alicyclic amines) is 1. The van der Waals surface area contributed by atoms with Gasteiger partial charge in [0.1, 0.15) is 5.54 Å². The number of aliphatic hydroxyl groups is 1. The number of aromatic nitrogens is 2. The number of amides is 3. The van der Waals surface area contributed by atoms with Crippen molar-refractivity contribution in [2.75, 3.05) is 13.1 Å². The zero-order valence-electron chi connectivity index (χ0n) is 11.7. The van der Waals surface area contributed by atoms with Crippen molar-refractivity contribution in [2.45, 2.75) is 18.2 Å². The molecule has 8 nitrogen and oxygen atoms in total. The monoisotopic (exact) mass is 301 g/mol. The Kier molecular flexibility index (Phi) is 2.64. The number of rotatable bonds is 1. The fourth-order valence-electron chi connectivity index (χ4n) is 3.19. The maximum Gasteiger partial charge on any atom is 0.317 e. The maximum atomic E-state index is 12.7. The van der Waals surface area contributed by atoms with Crippen LogP contribution in [0.25, 0.3) is 5.52 Å². The number of nitrogens with zero attached hydrogens (tertiary/aromatic N) is 3. The Morgan fingerprint density at radius 2 is 2.32 bits per heavy atom. The van der Waals surface area contributed by atoms with Gasteiger partial charge in [0, 0.05) is 19.3 Å². The van der Waals surface area contributed by atoms with Gasteiger partial charge < -0.3 is 20.6 Å². The first-order chi connectivity index (χ1) is 10.6. The third kappa shape index (κ3) is 1.77. The minimum absolute atomic E-state index is 0.147. The number of pyridine rings is 1. The van der Waals surface area contributed by atoms with Gasteiger partial charge in [-0.2, -0.15) is 5.10 Å². The van der Waals surface area contributed by atoms with Gasteiger partial charge in [-0.3, -0.25) is 4.79 Å². The highest BCUT2D eigenvalue weighted by Crippen LogP contribution is 2.28. The molecule has 2 saturated heterocycles. The number of fused-ring (bicyclic) bond motifs is 1. The molecule has 0 aliphatic carbocycles. The van der Waals surface area contributed by atoms with E-state index in [1.165, 1.54) is 0 Å². The summed E-state index contributed by atoms with van der Waals surface area (Å²) in [6.45, 7) is 0.748. The summed E-state index contributed by atoms with van der Waals surface area (Å²) in [5, 5.41) is 19.3. The molecule has 0 radical (unpaired) electrons. The summed E-state index contributed by atoms with van der Waals surface area (Å²) in [6.07, 6.45) is 2.85. The van der Waals surface area contributed by atoms with Crippen LogP contribution in [0.15, 0.2) is 30.6 Å². The van der Waals surface area contributed by atoms with E-state index in [1.54, 1.807) is 21.8 Å². The zero-order chi connectivity index (χ0) is 15.3. The van der Waals surface area contributed by atoms with Gasteiger partial charge >= 0.3 is 6.03 Å². The van der Waals surface area contributed by atoms with Crippen LogP contribution in [-0.2, 0) is 0 Å². The number of urea groups is 1. The van der Waals surface area contributed by atoms with E-state index in [4.69, 9.17) is 0 Å². The molecular weight excluding hydrogens is 286 g/mol. The molecule has 0 bridgehead atoms. The van der Waals surface area contributed by atoms with E-state index in [1.807, 2.05) is 18.2 Å². The summed E-state index contributed by atoms with van der Waals surface area (Å²) in [7, 11) is 0. The topological polar surface area (TPSA) is 99.0 Å². The maximum absolute atomic E-state index is 12.7. The molecule has 4 rings (SSSR count). The van der Waals surface area contributed by atoms with E-state index in [0.29, 0.717) is 18.5 Å². The minimum Gasteiger partial charge on any atom is -0.371 e. The average Bonchev–Trinajstić information content (AvgIpc) is 3.17. The molecule has 8 heteroatoms. The Hall–Kier alpha value is -2.61. The summed E-state index contributed by atoms with van der Waals surface area (Å²) in [6, 6.07) is 5.12. The lowest BCUT2D eigenvalue weighted by Crippen LogP contribution is -2.52. The van der Waals surface area contributed by atoms with Gasteiger partial charge in [0.25, 0.3) is 5.91 Å². The van der Waals surface area contributed by atoms with Crippen molar-refractivity contribution in [3.05, 3.63) is 36.2 Å². The normalized spacial score (nSPS) is 27.4. The van der Waals surface area contributed by atoms with E-state index in [-0.39, 0.29) is 12.5 Å². The van der Waals surface area contributed by atoms with E-state index in [0.717, 1.165) is 5.52 Å². The number of nitrogens with one attached hydrogen (secondary N) is 2. The Balaban J connectivity index is 1.61. The van der Waals surface area contributed by atoms with E-state index in [9.17, 15) is 14.7 Å². The standard InChI is InChI=1S/C14H15N5O3/c20-11(9-7-15-19-5-2-1-3-10(9)19)18-6-4-14(8-18)12(21)16-13(22)17-14/h1-3,5,7,12,21H,4,6,8H2,(H2,16,17,22). The predicted molar refractivity (Wildman–Crippen MR) is 76.1 cm³/mol. The quantitative estimate of drug-likeness (QED) is 0.664. The van der Waals surface area contributed by atoms with Crippen LogP contribution < -0.4 is 10.6 Å². The molecule has 1 spiro atoms. The third-order valence-electron chi connectivity index (χ3n) is 4.40. The van der Waals surface area contributed by atoms with Gasteiger partial charge in [-0.05, 0) is 18.6 Å². The van der Waals surface area contributed by atoms with Crippen molar-refractivity contribution in [3.8, 4) is 0 Å². The summed E-state index contributed by atoms with van der Waals surface area (Å²) in [5.74, 6) is -0.147. The molecule has 114 valence electrons. The molecule has 2 aliphatic heterocycles. The fraction of sp³-hybridized carbons (Fsp3) is 0.357. The summed E-state index contributed by atoms with van der Waals surface area (Å²) in [5.41, 5.74) is 0.461. The van der Waals surface area contributed by atoms with Crippen molar-refractivity contribution < 1.29 is 14.7 Å². The molecule has 2 aromatic heterocycles. The van der Waals surface area contributed by atoms with Crippen molar-refractivity contribution in [1.82, 2.24) is 25.1 Å². The summed E-state index contributed by atoms with van der Waals surface area (Å²) < 4.78 is 1.65. The first-order valence-corrected chi connectivity index (χ1v) is 7.07. The van der Waals surface area contributed by atoms with Crippen molar-refractivity contribution in [3.63, 3.8) is 0 Å². The molecule has 0 aromatic carbocycles. The van der Waals surface area contributed by atoms with E-state index >= 15 is 0 Å². The van der Waals surface area contributed by atoms with Crippen molar-refractivity contribution in [1.29, 1.82) is 0 Å². The number of hydrogen-bond donors (Lipinski definition) is 3. The number of carbonyl (C=O) groups excluding carboxylic acids is 2. The van der Waals surface area contributed by atoms with Crippen LogP contribution in [0, 0.1) is 0 Å². The van der Waals surface area contributed by atoms with Crippen LogP contribution in [-0.4, -0.2) is 56.4 Å². The lowest BCUT2D eigenvalue weighted by Gasteiger charge is -2.26. The first-order valence-electron chi connectivity index (χ1n) is 7.07. The van der Waals surface area contributed by atoms with Gasteiger partial charge in [0.15, 0.2) is 6.23 Å². The molecule has 2 aliphatic rings. The van der Waals surface area contributed by atoms with Gasteiger partial charge in [-0.25, -0.2) is 9.31 Å². The number of hydrogen-bond acceptors (Lipinski definition) is 4. The van der Waals surface area contributed by atoms with Crippen molar-refractivity contribution in [2.24, 2.45) is 0 Å². The summed E-state index contributed by atoms with van der Waals surface area (Å²) >= 11 is 0. The second-order valence-corrected chi connectivity index (χ2v) is 5.72. The lowest BCUT2D eigenvalue weighted by molar-refractivity contribution is 0.0692. The minimum atomic E-state index is -0.985. The highest BCUT2D eigenvalue weighted by atomic mass is 16.3. The third-order valence-corrected chi connectivity index (χ3v) is 4.40. The fourth-order valence-corrected chi connectivity index (χ4v) is 3.19. The van der Waals surface area contributed by atoms with E-state index < -0.39 is 17.8 Å². The van der Waals surface area contributed by atoms with Crippen molar-refractivity contribution >= 4 is 17.5 Å². The number of carbonyl (C=O) groups is 2. The molecule has 22 heavy (non-hydrogen) atoms. The molecule has 2 unspecified atom stereocenters. The molecule has 0 saturated carbocycles. The Labute approximate surface area is 125 Å². The zero-order valence-corrected chi connectivity index (χ0v) is 11.7. The lowest BCUT2D eigenvalue weighted by atomic mass is 9.98. The smallest absolute Gasteiger partial charge is 0.317 e. The Morgan fingerprint density at radius 3 is 3.09 bits per heavy atom. The average molecular weight is 301 g/mol. The Morgan fingerprint density at radius 1 is 1.45 bits per heavy atom. The first kappa shape index (κ1) is 13.1. The SMILES string of the molecule is O=C1NC(O)C2(CCN(C(=O)c3cnn4ccccc34)C2)N1. The highest BCUT2D eigenvalue weighted by molar-refractivity contribution is 6.00. The van der Waals surface area contributed by atoms with Crippen LogP contribution in [0.4, 0.5) is 4.79 Å². The van der Waals surface area contributed by atoms with Crippen LogP contribution in [0.2, 0.25) is 0 Å². The second-order valence-electron chi connectivity index (χ2n) is 5.72. The largest absolute Gasteiger partial charge is 0.371 e. The summed E-state index contributed by atoms with van der Waals surface area (Å²) in [4.78, 5) is 25.7. The van der Waals surface area contributed by atoms with Gasteiger partial charge in [-0.1, -0.05) is 6.07 Å². The molecule has 2 atom stereocenters. The molecule has 3 N–H and O–H groups in total. The number of aliphatic hydroxyl groups excluding tert-OH is 1. The van der Waals surface area contributed by atoms with Gasteiger partial charge in [-0.15, -0.1) is 0 Å². The predicted octanol–water partition coefficient (Wildman–Crippen LogP) is -0.450. The van der Waals surface area contributed by atoms with Crippen LogP contribution in [0.3, 0.4) is 0 Å². The molecule has 3 amide bonds. The van der Waals surface area contributed by atoms with E-state index in [2.05, 4.69) is 15.7 Å². The second kappa shape index (κ2) is 4.44.